The van der Waals surface area contributed by atoms with Crippen LogP contribution in [-0.4, -0.2) is 77.0 Å². The monoisotopic (exact) mass is 771 g/mol. The number of esters is 1. The molecule has 0 radical (unpaired) electrons. The van der Waals surface area contributed by atoms with Crippen molar-refractivity contribution < 1.29 is 52.7 Å². The maximum absolute atomic E-state index is 13.6. The lowest BCUT2D eigenvalue weighted by Crippen LogP contribution is -2.57. The number of nitro benzene ring substituents is 1. The van der Waals surface area contributed by atoms with Crippen LogP contribution in [0.25, 0.3) is 0 Å². The third-order valence-corrected chi connectivity index (χ3v) is 7.43. The Morgan fingerprint density at radius 1 is 0.836 bits per heavy atom. The largest absolute Gasteiger partial charge is 0.514 e. The summed E-state index contributed by atoms with van der Waals surface area (Å²) in [4.78, 5) is 98.0. The van der Waals surface area contributed by atoms with Crippen LogP contribution >= 0.6 is 0 Å². The normalized spacial score (nSPS) is 12.6. The third kappa shape index (κ3) is 17.4. The first-order valence-corrected chi connectivity index (χ1v) is 17.4. The number of non-ortho nitro benzene ring substituents is 1. The van der Waals surface area contributed by atoms with Crippen molar-refractivity contribution in [3.63, 3.8) is 0 Å². The summed E-state index contributed by atoms with van der Waals surface area (Å²) in [6.07, 6.45) is -1.02. The SMILES string of the molecule is CC(=O)N[C@@H](CCC(=O)OC(C)(C)C)C(=O)N[C@H](C(=O)N[C@@H](CCCNC(N)=O)C(=O)Nc1ccc(COC(=O)Oc2ccc([N+](=O)[O-])cc2)cc1)C(C)C. The van der Waals surface area contributed by atoms with Crippen molar-refractivity contribution in [2.24, 2.45) is 11.7 Å². The summed E-state index contributed by atoms with van der Waals surface area (Å²) in [6, 6.07) is 6.82. The molecule has 0 fully saturated rings. The summed E-state index contributed by atoms with van der Waals surface area (Å²) in [7, 11) is 0. The lowest BCUT2D eigenvalue weighted by atomic mass is 10.0. The second-order valence-corrected chi connectivity index (χ2v) is 13.7. The highest BCUT2D eigenvalue weighted by Crippen LogP contribution is 2.19. The molecule has 55 heavy (non-hydrogen) atoms. The number of nitrogens with two attached hydrogens (primary N) is 1. The van der Waals surface area contributed by atoms with Gasteiger partial charge in [-0.2, -0.15) is 0 Å². The highest BCUT2D eigenvalue weighted by molar-refractivity contribution is 5.99. The average molecular weight is 772 g/mol. The molecule has 2 aromatic rings. The van der Waals surface area contributed by atoms with Crippen LogP contribution in [0.2, 0.25) is 0 Å². The molecule has 0 aromatic heterocycles. The number of nitro groups is 1. The number of primary amides is 1. The second kappa shape index (κ2) is 21.4. The van der Waals surface area contributed by atoms with Gasteiger partial charge in [-0.3, -0.25) is 34.1 Å². The quantitative estimate of drug-likeness (QED) is 0.0396. The number of benzene rings is 2. The Morgan fingerprint density at radius 2 is 1.45 bits per heavy atom. The van der Waals surface area contributed by atoms with Crippen molar-refractivity contribution in [3.8, 4) is 5.75 Å². The molecule has 19 heteroatoms. The third-order valence-electron chi connectivity index (χ3n) is 7.43. The molecule has 2 rings (SSSR count). The number of hydrogen-bond acceptors (Lipinski definition) is 12. The van der Waals surface area contributed by atoms with Crippen LogP contribution in [-0.2, 0) is 40.1 Å². The van der Waals surface area contributed by atoms with E-state index in [1.807, 2.05) is 0 Å². The van der Waals surface area contributed by atoms with Crippen LogP contribution in [0, 0.1) is 16.0 Å². The summed E-state index contributed by atoms with van der Waals surface area (Å²) in [5.74, 6) is -3.57. The van der Waals surface area contributed by atoms with Crippen molar-refractivity contribution in [1.29, 1.82) is 0 Å². The first kappa shape index (κ1) is 44.9. The summed E-state index contributed by atoms with van der Waals surface area (Å²) >= 11 is 0. The number of urea groups is 1. The number of nitrogens with one attached hydrogen (secondary N) is 5. The van der Waals surface area contributed by atoms with Gasteiger partial charge in [0.25, 0.3) is 5.69 Å². The molecule has 3 atom stereocenters. The van der Waals surface area contributed by atoms with E-state index >= 15 is 0 Å². The number of carbonyl (C=O) groups is 7. The zero-order chi connectivity index (χ0) is 41.3. The number of anilines is 1. The molecule has 0 unspecified atom stereocenters. The molecule has 0 aliphatic rings. The zero-order valence-corrected chi connectivity index (χ0v) is 31.6. The average Bonchev–Trinajstić information content (AvgIpc) is 3.08. The minimum Gasteiger partial charge on any atom is -0.460 e. The van der Waals surface area contributed by atoms with Gasteiger partial charge in [0, 0.05) is 37.7 Å². The van der Waals surface area contributed by atoms with Crippen LogP contribution < -0.4 is 37.1 Å². The Hall–Kier alpha value is -6.27. The molecule has 7 N–H and O–H groups in total. The first-order chi connectivity index (χ1) is 25.7. The molecular weight excluding hydrogens is 722 g/mol. The van der Waals surface area contributed by atoms with E-state index < -0.39 is 76.4 Å². The molecule has 0 aliphatic carbocycles. The Kier molecular flexibility index (Phi) is 17.5. The number of carbonyl (C=O) groups excluding carboxylic acids is 7. The van der Waals surface area contributed by atoms with Crippen molar-refractivity contribution in [3.05, 3.63) is 64.2 Å². The standard InChI is InChI=1S/C36H49N7O12/c1-21(2)30(42-32(47)28(39-22(3)44)17-18-29(45)55-36(4,5)6)33(48)41-27(8-7-19-38-34(37)49)31(46)40-24-11-9-23(10-12-24)20-53-35(50)54-26-15-13-25(14-16-26)43(51)52/h9-16,21,27-28,30H,7-8,17-20H2,1-6H3,(H,39,44)(H,40,46)(H,41,48)(H,42,47)(H3,37,38,49)/t27-,28-,30-/m0/s1. The van der Waals surface area contributed by atoms with E-state index in [9.17, 15) is 43.7 Å². The van der Waals surface area contributed by atoms with Crippen molar-refractivity contribution in [1.82, 2.24) is 21.3 Å². The fraction of sp³-hybridized carbons (Fsp3) is 0.472. The Bertz CT molecular complexity index is 1680. The lowest BCUT2D eigenvalue weighted by Gasteiger charge is -2.27. The highest BCUT2D eigenvalue weighted by atomic mass is 16.7. The summed E-state index contributed by atoms with van der Waals surface area (Å²) < 4.78 is 15.4. The molecule has 6 amide bonds. The van der Waals surface area contributed by atoms with Crippen molar-refractivity contribution in [2.45, 2.75) is 97.6 Å². The minimum absolute atomic E-state index is 0.0484. The first-order valence-electron chi connectivity index (χ1n) is 17.4. The summed E-state index contributed by atoms with van der Waals surface area (Å²) in [6.45, 7) is 9.55. The van der Waals surface area contributed by atoms with Gasteiger partial charge >= 0.3 is 18.2 Å². The van der Waals surface area contributed by atoms with E-state index in [1.165, 1.54) is 43.3 Å². The van der Waals surface area contributed by atoms with Gasteiger partial charge in [0.1, 0.15) is 36.1 Å². The highest BCUT2D eigenvalue weighted by Gasteiger charge is 2.32. The van der Waals surface area contributed by atoms with E-state index in [1.54, 1.807) is 46.8 Å². The van der Waals surface area contributed by atoms with Gasteiger partial charge < -0.3 is 46.5 Å². The van der Waals surface area contributed by atoms with Gasteiger partial charge in [0.05, 0.1) is 4.92 Å². The minimum atomic E-state index is -1.16. The van der Waals surface area contributed by atoms with E-state index in [2.05, 4.69) is 26.6 Å². The Morgan fingerprint density at radius 3 is 2.00 bits per heavy atom. The van der Waals surface area contributed by atoms with Crippen LogP contribution in [0.4, 0.5) is 21.0 Å². The van der Waals surface area contributed by atoms with Gasteiger partial charge in [-0.25, -0.2) is 9.59 Å². The van der Waals surface area contributed by atoms with Crippen molar-refractivity contribution in [2.75, 3.05) is 11.9 Å². The van der Waals surface area contributed by atoms with E-state index in [0.29, 0.717) is 11.3 Å². The fourth-order valence-electron chi connectivity index (χ4n) is 4.82. The molecule has 0 saturated carbocycles. The number of hydrogen-bond donors (Lipinski definition) is 6. The molecule has 19 nitrogen and oxygen atoms in total. The van der Waals surface area contributed by atoms with E-state index in [0.717, 1.165) is 0 Å². The van der Waals surface area contributed by atoms with Gasteiger partial charge in [-0.05, 0) is 75.8 Å². The number of nitrogens with zero attached hydrogens (tertiary/aromatic N) is 1. The number of amides is 6. The molecular formula is C36H49N7O12. The van der Waals surface area contributed by atoms with E-state index in [4.69, 9.17) is 19.9 Å². The van der Waals surface area contributed by atoms with Gasteiger partial charge in [-0.15, -0.1) is 0 Å². The Balaban J connectivity index is 2.09. The number of ether oxygens (including phenoxy) is 3. The molecule has 0 saturated heterocycles. The summed E-state index contributed by atoms with van der Waals surface area (Å²) in [5, 5.41) is 23.7. The molecule has 0 heterocycles. The Labute approximate surface area is 317 Å². The van der Waals surface area contributed by atoms with Gasteiger partial charge in [0.2, 0.25) is 23.6 Å². The molecule has 2 aromatic carbocycles. The van der Waals surface area contributed by atoms with Crippen LogP contribution in [0.1, 0.15) is 72.8 Å². The van der Waals surface area contributed by atoms with Crippen LogP contribution in [0.15, 0.2) is 48.5 Å². The molecule has 0 bridgehead atoms. The number of rotatable bonds is 19. The smallest absolute Gasteiger partial charge is 0.460 e. The topological polar surface area (TPSA) is 276 Å². The van der Waals surface area contributed by atoms with Crippen LogP contribution in [0.3, 0.4) is 0 Å². The second-order valence-electron chi connectivity index (χ2n) is 13.7. The maximum Gasteiger partial charge on any atom is 0.514 e. The molecule has 0 spiro atoms. The maximum atomic E-state index is 13.6. The predicted octanol–water partition coefficient (Wildman–Crippen LogP) is 2.95. The van der Waals surface area contributed by atoms with Gasteiger partial charge in [-0.1, -0.05) is 26.0 Å². The lowest BCUT2D eigenvalue weighted by molar-refractivity contribution is -0.384. The molecule has 0 aliphatic heterocycles. The molecule has 300 valence electrons. The predicted molar refractivity (Wildman–Crippen MR) is 197 cm³/mol. The van der Waals surface area contributed by atoms with Gasteiger partial charge in [0.15, 0.2) is 0 Å². The fourth-order valence-corrected chi connectivity index (χ4v) is 4.82. The van der Waals surface area contributed by atoms with E-state index in [-0.39, 0.29) is 50.3 Å². The zero-order valence-electron chi connectivity index (χ0n) is 31.6. The van der Waals surface area contributed by atoms with Crippen LogP contribution in [0.5, 0.6) is 5.75 Å². The summed E-state index contributed by atoms with van der Waals surface area (Å²) in [5.41, 5.74) is 5.08. The van der Waals surface area contributed by atoms with Crippen molar-refractivity contribution >= 4 is 53.2 Å².